The summed E-state index contributed by atoms with van der Waals surface area (Å²) < 4.78 is 5.85. The number of rotatable bonds is 5. The molecule has 0 aromatic rings. The van der Waals surface area contributed by atoms with Crippen LogP contribution in [0.25, 0.3) is 0 Å². The lowest BCUT2D eigenvalue weighted by atomic mass is 10.1. The van der Waals surface area contributed by atoms with Gasteiger partial charge in [-0.1, -0.05) is 13.8 Å². The van der Waals surface area contributed by atoms with Crippen molar-refractivity contribution in [2.75, 3.05) is 6.54 Å². The maximum Gasteiger partial charge on any atom is 0.0732 e. The van der Waals surface area contributed by atoms with Crippen molar-refractivity contribution in [2.24, 2.45) is 0 Å². The van der Waals surface area contributed by atoms with Crippen LogP contribution in [0.2, 0.25) is 0 Å². The van der Waals surface area contributed by atoms with Gasteiger partial charge in [0.05, 0.1) is 12.2 Å². The third kappa shape index (κ3) is 3.28. The van der Waals surface area contributed by atoms with Gasteiger partial charge in [0, 0.05) is 6.04 Å². The SMILES string of the molecule is CCCNC(CC)C1CCC(C)O1. The molecule has 0 aliphatic carbocycles. The van der Waals surface area contributed by atoms with E-state index in [1.165, 1.54) is 25.7 Å². The third-order valence-corrected chi connectivity index (χ3v) is 2.81. The Balaban J connectivity index is 2.29. The topological polar surface area (TPSA) is 21.3 Å². The minimum atomic E-state index is 0.464. The van der Waals surface area contributed by atoms with E-state index in [4.69, 9.17) is 4.74 Å². The van der Waals surface area contributed by atoms with Crippen LogP contribution in [0.15, 0.2) is 0 Å². The molecule has 0 amide bonds. The lowest BCUT2D eigenvalue weighted by molar-refractivity contribution is 0.0312. The summed E-state index contributed by atoms with van der Waals surface area (Å²) in [6, 6.07) is 0.574. The second-order valence-corrected chi connectivity index (χ2v) is 4.03. The molecule has 0 saturated carbocycles. The Bertz CT molecular complexity index is 138. The molecular formula is C11H23NO. The standard InChI is InChI=1S/C11H23NO/c1-4-8-12-10(5-2)11-7-6-9(3)13-11/h9-12H,4-8H2,1-3H3. The maximum absolute atomic E-state index is 5.85. The lowest BCUT2D eigenvalue weighted by Crippen LogP contribution is -2.39. The summed E-state index contributed by atoms with van der Waals surface area (Å²) in [4.78, 5) is 0. The Morgan fingerprint density at radius 3 is 2.62 bits per heavy atom. The summed E-state index contributed by atoms with van der Waals surface area (Å²) in [7, 11) is 0. The summed E-state index contributed by atoms with van der Waals surface area (Å²) in [5, 5.41) is 3.56. The highest BCUT2D eigenvalue weighted by Crippen LogP contribution is 2.22. The van der Waals surface area contributed by atoms with Gasteiger partial charge in [-0.05, 0) is 39.2 Å². The Morgan fingerprint density at radius 1 is 1.38 bits per heavy atom. The van der Waals surface area contributed by atoms with E-state index >= 15 is 0 Å². The molecule has 13 heavy (non-hydrogen) atoms. The third-order valence-electron chi connectivity index (χ3n) is 2.81. The van der Waals surface area contributed by atoms with Crippen molar-refractivity contribution < 1.29 is 4.74 Å². The average Bonchev–Trinajstić information content (AvgIpc) is 2.54. The van der Waals surface area contributed by atoms with Crippen molar-refractivity contribution >= 4 is 0 Å². The lowest BCUT2D eigenvalue weighted by Gasteiger charge is -2.23. The molecule has 2 nitrogen and oxygen atoms in total. The molecule has 1 saturated heterocycles. The Labute approximate surface area is 82.0 Å². The molecule has 1 aliphatic heterocycles. The fourth-order valence-electron chi connectivity index (χ4n) is 2.00. The van der Waals surface area contributed by atoms with Crippen LogP contribution < -0.4 is 5.32 Å². The van der Waals surface area contributed by atoms with Crippen molar-refractivity contribution in [1.29, 1.82) is 0 Å². The molecule has 0 spiro atoms. The smallest absolute Gasteiger partial charge is 0.0732 e. The molecule has 1 heterocycles. The van der Waals surface area contributed by atoms with Crippen molar-refractivity contribution in [2.45, 2.75) is 64.7 Å². The van der Waals surface area contributed by atoms with E-state index in [2.05, 4.69) is 26.1 Å². The van der Waals surface area contributed by atoms with Crippen LogP contribution in [-0.4, -0.2) is 24.8 Å². The summed E-state index contributed by atoms with van der Waals surface area (Å²) in [6.07, 6.45) is 5.79. The van der Waals surface area contributed by atoms with Gasteiger partial charge in [0.2, 0.25) is 0 Å². The van der Waals surface area contributed by atoms with Gasteiger partial charge in [0.25, 0.3) is 0 Å². The molecular weight excluding hydrogens is 162 g/mol. The molecule has 3 unspecified atom stereocenters. The minimum absolute atomic E-state index is 0.464. The molecule has 0 radical (unpaired) electrons. The van der Waals surface area contributed by atoms with E-state index in [0.717, 1.165) is 6.54 Å². The van der Waals surface area contributed by atoms with Crippen molar-refractivity contribution in [1.82, 2.24) is 5.32 Å². The molecule has 0 aromatic carbocycles. The molecule has 1 N–H and O–H groups in total. The molecule has 3 atom stereocenters. The average molecular weight is 185 g/mol. The fraction of sp³-hybridized carbons (Fsp3) is 1.00. The first kappa shape index (κ1) is 11.0. The number of hydrogen-bond acceptors (Lipinski definition) is 2. The number of hydrogen-bond donors (Lipinski definition) is 1. The summed E-state index contributed by atoms with van der Waals surface area (Å²) in [6.45, 7) is 7.73. The Kier molecular flexibility index (Phi) is 4.74. The Morgan fingerprint density at radius 2 is 2.15 bits per heavy atom. The molecule has 0 aromatic heterocycles. The summed E-state index contributed by atoms with van der Waals surface area (Å²) in [5.74, 6) is 0. The first-order valence-corrected chi connectivity index (χ1v) is 5.66. The Hall–Kier alpha value is -0.0800. The van der Waals surface area contributed by atoms with Crippen molar-refractivity contribution in [3.8, 4) is 0 Å². The first-order chi connectivity index (χ1) is 6.27. The highest BCUT2D eigenvalue weighted by atomic mass is 16.5. The van der Waals surface area contributed by atoms with Crippen molar-refractivity contribution in [3.05, 3.63) is 0 Å². The molecule has 1 rings (SSSR count). The zero-order chi connectivity index (χ0) is 9.68. The van der Waals surface area contributed by atoms with E-state index in [-0.39, 0.29) is 0 Å². The van der Waals surface area contributed by atoms with Crippen LogP contribution >= 0.6 is 0 Å². The zero-order valence-electron chi connectivity index (χ0n) is 9.18. The predicted octanol–water partition coefficient (Wildman–Crippen LogP) is 2.33. The molecule has 0 bridgehead atoms. The fourth-order valence-corrected chi connectivity index (χ4v) is 2.00. The van der Waals surface area contributed by atoms with E-state index in [0.29, 0.717) is 18.2 Å². The second kappa shape index (κ2) is 5.61. The monoisotopic (exact) mass is 185 g/mol. The van der Waals surface area contributed by atoms with Crippen LogP contribution in [-0.2, 0) is 4.74 Å². The maximum atomic E-state index is 5.85. The molecule has 1 aliphatic rings. The van der Waals surface area contributed by atoms with Crippen LogP contribution in [0.3, 0.4) is 0 Å². The van der Waals surface area contributed by atoms with Gasteiger partial charge in [-0.2, -0.15) is 0 Å². The van der Waals surface area contributed by atoms with Gasteiger partial charge in [-0.25, -0.2) is 0 Å². The van der Waals surface area contributed by atoms with Gasteiger partial charge in [-0.15, -0.1) is 0 Å². The summed E-state index contributed by atoms with van der Waals surface area (Å²) >= 11 is 0. The molecule has 78 valence electrons. The largest absolute Gasteiger partial charge is 0.374 e. The zero-order valence-corrected chi connectivity index (χ0v) is 9.18. The highest BCUT2D eigenvalue weighted by Gasteiger charge is 2.27. The first-order valence-electron chi connectivity index (χ1n) is 5.66. The van der Waals surface area contributed by atoms with E-state index < -0.39 is 0 Å². The van der Waals surface area contributed by atoms with Gasteiger partial charge in [0.1, 0.15) is 0 Å². The van der Waals surface area contributed by atoms with Crippen LogP contribution in [0, 0.1) is 0 Å². The van der Waals surface area contributed by atoms with Gasteiger partial charge < -0.3 is 10.1 Å². The van der Waals surface area contributed by atoms with E-state index in [1.807, 2.05) is 0 Å². The summed E-state index contributed by atoms with van der Waals surface area (Å²) in [5.41, 5.74) is 0. The van der Waals surface area contributed by atoms with Crippen LogP contribution in [0.4, 0.5) is 0 Å². The van der Waals surface area contributed by atoms with Crippen LogP contribution in [0.1, 0.15) is 46.5 Å². The minimum Gasteiger partial charge on any atom is -0.374 e. The normalized spacial score (nSPS) is 30.7. The molecule has 1 fully saturated rings. The number of nitrogens with one attached hydrogen (secondary N) is 1. The van der Waals surface area contributed by atoms with E-state index in [9.17, 15) is 0 Å². The highest BCUT2D eigenvalue weighted by molar-refractivity contribution is 4.81. The van der Waals surface area contributed by atoms with Crippen LogP contribution in [0.5, 0.6) is 0 Å². The predicted molar refractivity (Wildman–Crippen MR) is 55.9 cm³/mol. The van der Waals surface area contributed by atoms with Crippen molar-refractivity contribution in [3.63, 3.8) is 0 Å². The van der Waals surface area contributed by atoms with Gasteiger partial charge in [-0.3, -0.25) is 0 Å². The quantitative estimate of drug-likeness (QED) is 0.710. The van der Waals surface area contributed by atoms with Gasteiger partial charge in [0.15, 0.2) is 0 Å². The number of ether oxygens (including phenoxy) is 1. The second-order valence-electron chi connectivity index (χ2n) is 4.03. The van der Waals surface area contributed by atoms with Gasteiger partial charge >= 0.3 is 0 Å². The molecule has 2 heteroatoms. The van der Waals surface area contributed by atoms with E-state index in [1.54, 1.807) is 0 Å².